The Morgan fingerprint density at radius 2 is 1.95 bits per heavy atom. The number of esters is 1. The monoisotopic (exact) mass is 270 g/mol. The van der Waals surface area contributed by atoms with E-state index in [0.29, 0.717) is 23.5 Å². The maximum Gasteiger partial charge on any atom is 0.338 e. The average Bonchev–Trinajstić information content (AvgIpc) is 2.44. The fourth-order valence-electron chi connectivity index (χ4n) is 1.86. The van der Waals surface area contributed by atoms with E-state index in [-0.39, 0.29) is 5.97 Å². The first-order valence-electron chi connectivity index (χ1n) is 6.51. The molecule has 0 unspecified atom stereocenters. The number of benzene rings is 2. The number of hydrogen-bond donors (Lipinski definition) is 2. The van der Waals surface area contributed by atoms with Gasteiger partial charge in [-0.25, -0.2) is 4.79 Å². The molecule has 4 heteroatoms. The van der Waals surface area contributed by atoms with E-state index in [0.717, 1.165) is 11.3 Å². The number of carbonyl (C=O) groups is 1. The molecule has 0 aromatic heterocycles. The molecule has 2 rings (SSSR count). The smallest absolute Gasteiger partial charge is 0.338 e. The Bertz CT molecular complexity index is 624. The number of carbonyl (C=O) groups excluding carboxylic acids is 1. The van der Waals surface area contributed by atoms with Crippen molar-refractivity contribution >= 4 is 23.0 Å². The molecular weight excluding hydrogens is 252 g/mol. The summed E-state index contributed by atoms with van der Waals surface area (Å²) in [7, 11) is 0. The molecule has 0 saturated heterocycles. The molecule has 3 N–H and O–H groups in total. The van der Waals surface area contributed by atoms with Crippen molar-refractivity contribution in [3.8, 4) is 0 Å². The minimum Gasteiger partial charge on any atom is -0.462 e. The maximum absolute atomic E-state index is 11.7. The molecule has 0 amide bonds. The molecule has 2 aromatic carbocycles. The Kier molecular flexibility index (Phi) is 4.25. The number of nitrogens with one attached hydrogen (secondary N) is 1. The van der Waals surface area contributed by atoms with Crippen molar-refractivity contribution in [2.75, 3.05) is 17.7 Å². The van der Waals surface area contributed by atoms with Crippen molar-refractivity contribution < 1.29 is 9.53 Å². The molecule has 4 nitrogen and oxygen atoms in total. The first-order chi connectivity index (χ1) is 9.61. The molecule has 0 heterocycles. The zero-order valence-electron chi connectivity index (χ0n) is 11.6. The molecule has 20 heavy (non-hydrogen) atoms. The van der Waals surface area contributed by atoms with Gasteiger partial charge in [0.2, 0.25) is 0 Å². The minimum absolute atomic E-state index is 0.347. The van der Waals surface area contributed by atoms with Crippen molar-refractivity contribution in [3.05, 3.63) is 53.6 Å². The lowest BCUT2D eigenvalue weighted by atomic mass is 10.1. The second-order valence-corrected chi connectivity index (χ2v) is 4.46. The lowest BCUT2D eigenvalue weighted by Crippen LogP contribution is -2.06. The summed E-state index contributed by atoms with van der Waals surface area (Å²) in [6.45, 7) is 4.14. The minimum atomic E-state index is -0.347. The van der Waals surface area contributed by atoms with Crippen molar-refractivity contribution in [1.82, 2.24) is 0 Å². The second-order valence-electron chi connectivity index (χ2n) is 4.46. The lowest BCUT2D eigenvalue weighted by Gasteiger charge is -2.13. The molecule has 0 bridgehead atoms. The van der Waals surface area contributed by atoms with E-state index in [1.54, 1.807) is 25.1 Å². The van der Waals surface area contributed by atoms with Gasteiger partial charge in [0.25, 0.3) is 0 Å². The Balaban J connectivity index is 2.30. The predicted molar refractivity (Wildman–Crippen MR) is 81.3 cm³/mol. The van der Waals surface area contributed by atoms with Crippen LogP contribution in [-0.2, 0) is 4.74 Å². The van der Waals surface area contributed by atoms with E-state index >= 15 is 0 Å². The van der Waals surface area contributed by atoms with E-state index < -0.39 is 0 Å². The van der Waals surface area contributed by atoms with Crippen molar-refractivity contribution in [2.45, 2.75) is 13.8 Å². The number of hydrogen-bond acceptors (Lipinski definition) is 4. The maximum atomic E-state index is 11.7. The number of para-hydroxylation sites is 1. The number of aryl methyl sites for hydroxylation is 1. The number of ether oxygens (including phenoxy) is 1. The van der Waals surface area contributed by atoms with Gasteiger partial charge in [0.05, 0.1) is 23.5 Å². The first kappa shape index (κ1) is 13.9. The van der Waals surface area contributed by atoms with Gasteiger partial charge in [0, 0.05) is 5.69 Å². The molecular formula is C16H18N2O2. The van der Waals surface area contributed by atoms with Gasteiger partial charge in [0.15, 0.2) is 0 Å². The van der Waals surface area contributed by atoms with Crippen molar-refractivity contribution in [3.63, 3.8) is 0 Å². The third-order valence-corrected chi connectivity index (χ3v) is 2.98. The van der Waals surface area contributed by atoms with Crippen LogP contribution in [0.2, 0.25) is 0 Å². The highest BCUT2D eigenvalue weighted by Crippen LogP contribution is 2.26. The number of nitrogens with two attached hydrogens (primary N) is 1. The molecule has 0 spiro atoms. The Labute approximate surface area is 118 Å². The van der Waals surface area contributed by atoms with Gasteiger partial charge in [-0.3, -0.25) is 0 Å². The average molecular weight is 270 g/mol. The van der Waals surface area contributed by atoms with Crippen LogP contribution >= 0.6 is 0 Å². The van der Waals surface area contributed by atoms with Crippen LogP contribution < -0.4 is 11.1 Å². The molecule has 2 aromatic rings. The SMILES string of the molecule is CCOC(=O)c1ccc(N)c(Nc2ccccc2C)c1. The quantitative estimate of drug-likeness (QED) is 0.659. The van der Waals surface area contributed by atoms with E-state index in [1.165, 1.54) is 0 Å². The largest absolute Gasteiger partial charge is 0.462 e. The number of nitrogen functional groups attached to an aromatic ring is 1. The van der Waals surface area contributed by atoms with E-state index in [4.69, 9.17) is 10.5 Å². The zero-order chi connectivity index (χ0) is 14.5. The van der Waals surface area contributed by atoms with Crippen LogP contribution in [0.5, 0.6) is 0 Å². The van der Waals surface area contributed by atoms with E-state index in [2.05, 4.69) is 5.32 Å². The predicted octanol–water partition coefficient (Wildman–Crippen LogP) is 3.50. The lowest BCUT2D eigenvalue weighted by molar-refractivity contribution is 0.0526. The third-order valence-electron chi connectivity index (χ3n) is 2.98. The van der Waals surface area contributed by atoms with Crippen LogP contribution in [0.15, 0.2) is 42.5 Å². The van der Waals surface area contributed by atoms with Crippen LogP contribution in [0, 0.1) is 6.92 Å². The van der Waals surface area contributed by atoms with Gasteiger partial charge < -0.3 is 15.8 Å². The van der Waals surface area contributed by atoms with Crippen LogP contribution in [0.4, 0.5) is 17.1 Å². The molecule has 0 aliphatic rings. The van der Waals surface area contributed by atoms with Crippen LogP contribution in [0.3, 0.4) is 0 Å². The highest BCUT2D eigenvalue weighted by molar-refractivity contribution is 5.92. The molecule has 0 aliphatic heterocycles. The normalized spacial score (nSPS) is 10.1. The second kappa shape index (κ2) is 6.10. The van der Waals surface area contributed by atoms with Crippen LogP contribution in [-0.4, -0.2) is 12.6 Å². The van der Waals surface area contributed by atoms with Gasteiger partial charge in [-0.2, -0.15) is 0 Å². The van der Waals surface area contributed by atoms with Gasteiger partial charge in [0.1, 0.15) is 0 Å². The molecule has 0 aliphatic carbocycles. The standard InChI is InChI=1S/C16H18N2O2/c1-3-20-16(19)12-8-9-13(17)15(10-12)18-14-7-5-4-6-11(14)2/h4-10,18H,3,17H2,1-2H3. The van der Waals surface area contributed by atoms with Gasteiger partial charge in [-0.1, -0.05) is 18.2 Å². The summed E-state index contributed by atoms with van der Waals surface area (Å²) in [5.41, 5.74) is 9.78. The molecule has 0 saturated carbocycles. The van der Waals surface area contributed by atoms with Crippen LogP contribution in [0.25, 0.3) is 0 Å². The summed E-state index contributed by atoms with van der Waals surface area (Å²) in [6.07, 6.45) is 0. The van der Waals surface area contributed by atoms with Crippen LogP contribution in [0.1, 0.15) is 22.8 Å². The topological polar surface area (TPSA) is 64.3 Å². The zero-order valence-corrected chi connectivity index (χ0v) is 11.6. The Hall–Kier alpha value is -2.49. The third kappa shape index (κ3) is 3.09. The first-order valence-corrected chi connectivity index (χ1v) is 6.51. The summed E-state index contributed by atoms with van der Waals surface area (Å²) in [5, 5.41) is 3.25. The fourth-order valence-corrected chi connectivity index (χ4v) is 1.86. The summed E-state index contributed by atoms with van der Waals surface area (Å²) in [5.74, 6) is -0.347. The van der Waals surface area contributed by atoms with Gasteiger partial charge >= 0.3 is 5.97 Å². The van der Waals surface area contributed by atoms with Gasteiger partial charge in [-0.05, 0) is 43.7 Å². The van der Waals surface area contributed by atoms with Crippen molar-refractivity contribution in [1.29, 1.82) is 0 Å². The highest BCUT2D eigenvalue weighted by Gasteiger charge is 2.09. The summed E-state index contributed by atoms with van der Waals surface area (Å²) in [4.78, 5) is 11.7. The van der Waals surface area contributed by atoms with E-state index in [9.17, 15) is 4.79 Å². The molecule has 0 fully saturated rings. The number of rotatable bonds is 4. The summed E-state index contributed by atoms with van der Waals surface area (Å²) >= 11 is 0. The van der Waals surface area contributed by atoms with E-state index in [1.807, 2.05) is 31.2 Å². The molecule has 104 valence electrons. The summed E-state index contributed by atoms with van der Waals surface area (Å²) in [6, 6.07) is 13.0. The van der Waals surface area contributed by atoms with Gasteiger partial charge in [-0.15, -0.1) is 0 Å². The number of anilines is 3. The Morgan fingerprint density at radius 3 is 2.65 bits per heavy atom. The van der Waals surface area contributed by atoms with Crippen molar-refractivity contribution in [2.24, 2.45) is 0 Å². The Morgan fingerprint density at radius 1 is 1.20 bits per heavy atom. The highest BCUT2D eigenvalue weighted by atomic mass is 16.5. The summed E-state index contributed by atoms with van der Waals surface area (Å²) < 4.78 is 4.99. The fraction of sp³-hybridized carbons (Fsp3) is 0.188. The molecule has 0 atom stereocenters. The molecule has 0 radical (unpaired) electrons.